The number of aromatic amines is 1. The zero-order valence-corrected chi connectivity index (χ0v) is 17.8. The minimum Gasteiger partial charge on any atom is -0.349 e. The van der Waals surface area contributed by atoms with Gasteiger partial charge in [-0.3, -0.25) is 4.68 Å². The number of nitriles is 1. The molecule has 156 valence electrons. The van der Waals surface area contributed by atoms with Gasteiger partial charge in [0.15, 0.2) is 5.65 Å². The number of nitrogens with two attached hydrogens (primary N) is 1. The summed E-state index contributed by atoms with van der Waals surface area (Å²) in [4.78, 5) is 15.3. The van der Waals surface area contributed by atoms with Crippen LogP contribution < -0.4 is 10.6 Å². The zero-order chi connectivity index (χ0) is 21.3. The fourth-order valence-corrected chi connectivity index (χ4v) is 5.74. The second-order valence-corrected chi connectivity index (χ2v) is 8.93. The van der Waals surface area contributed by atoms with Gasteiger partial charge in [0.25, 0.3) is 0 Å². The number of halogens is 1. The summed E-state index contributed by atoms with van der Waals surface area (Å²) in [7, 11) is 1.74. The molecule has 0 radical (unpaired) electrons. The van der Waals surface area contributed by atoms with Gasteiger partial charge in [0.05, 0.1) is 22.1 Å². The molecule has 2 fully saturated rings. The molecule has 3 atom stereocenters. The first kappa shape index (κ1) is 18.6. The van der Waals surface area contributed by atoms with E-state index in [0.717, 1.165) is 53.8 Å². The number of nitrogens with one attached hydrogen (secondary N) is 1. The molecule has 3 N–H and O–H groups in total. The SMILES string of the molecule is Cn1nc2ccc(-c3c[nH]c4nc(N5[C@@H]6CC[C@H]5CC(N)C6)cnc34)c(Cl)c2c1C#N. The smallest absolute Gasteiger partial charge is 0.159 e. The van der Waals surface area contributed by atoms with Crippen molar-refractivity contribution in [3.63, 3.8) is 0 Å². The van der Waals surface area contributed by atoms with Crippen LogP contribution in [0.4, 0.5) is 5.82 Å². The summed E-state index contributed by atoms with van der Waals surface area (Å²) in [5, 5.41) is 15.1. The van der Waals surface area contributed by atoms with Gasteiger partial charge in [-0.25, -0.2) is 9.97 Å². The topological polar surface area (TPSA) is 112 Å². The first-order valence-corrected chi connectivity index (χ1v) is 10.9. The van der Waals surface area contributed by atoms with Crippen LogP contribution in [0, 0.1) is 11.3 Å². The molecule has 2 aliphatic rings. The predicted octanol–water partition coefficient (Wildman–Crippen LogP) is 3.50. The fraction of sp³-hybridized carbons (Fsp3) is 0.364. The third kappa shape index (κ3) is 2.67. The molecule has 31 heavy (non-hydrogen) atoms. The van der Waals surface area contributed by atoms with E-state index in [0.29, 0.717) is 33.7 Å². The van der Waals surface area contributed by atoms with Gasteiger partial charge in [0.2, 0.25) is 0 Å². The Morgan fingerprint density at radius 3 is 2.74 bits per heavy atom. The monoisotopic (exact) mass is 432 g/mol. The van der Waals surface area contributed by atoms with Gasteiger partial charge < -0.3 is 15.6 Å². The maximum absolute atomic E-state index is 9.53. The second-order valence-electron chi connectivity index (χ2n) is 8.56. The molecule has 6 rings (SSSR count). The molecule has 8 nitrogen and oxygen atoms in total. The number of piperidine rings is 1. The number of hydrogen-bond donors (Lipinski definition) is 2. The average Bonchev–Trinajstić information content (AvgIpc) is 3.39. The highest BCUT2D eigenvalue weighted by molar-refractivity contribution is 6.39. The molecule has 0 amide bonds. The standard InChI is InChI=1S/C22H21ClN8/c1-30-17(8-24)19-16(29-30)5-4-14(20(19)23)15-9-27-22-21(15)26-10-18(28-22)31-12-2-3-13(31)7-11(25)6-12/h4-5,9-13H,2-3,6-7,25H2,1H3,(H,27,28)/t11?,12-,13+. The zero-order valence-electron chi connectivity index (χ0n) is 17.0. The van der Waals surface area contributed by atoms with Crippen molar-refractivity contribution < 1.29 is 0 Å². The summed E-state index contributed by atoms with van der Waals surface area (Å²) in [5.74, 6) is 0.904. The summed E-state index contributed by atoms with van der Waals surface area (Å²) < 4.78 is 1.56. The van der Waals surface area contributed by atoms with Crippen LogP contribution in [0.1, 0.15) is 31.4 Å². The molecule has 2 bridgehead atoms. The Hall–Kier alpha value is -3.15. The molecular formula is C22H21ClN8. The Balaban J connectivity index is 1.45. The van der Waals surface area contributed by atoms with E-state index >= 15 is 0 Å². The van der Waals surface area contributed by atoms with Gasteiger partial charge in [-0.2, -0.15) is 10.4 Å². The molecule has 1 unspecified atom stereocenters. The van der Waals surface area contributed by atoms with Crippen molar-refractivity contribution in [3.05, 3.63) is 35.2 Å². The van der Waals surface area contributed by atoms with Crippen LogP contribution >= 0.6 is 11.6 Å². The van der Waals surface area contributed by atoms with Crippen molar-refractivity contribution in [3.8, 4) is 17.2 Å². The predicted molar refractivity (Wildman–Crippen MR) is 120 cm³/mol. The quantitative estimate of drug-likeness (QED) is 0.501. The molecule has 9 heteroatoms. The molecule has 2 saturated heterocycles. The summed E-state index contributed by atoms with van der Waals surface area (Å²) in [5.41, 5.74) is 10.5. The van der Waals surface area contributed by atoms with Crippen LogP contribution in [0.3, 0.4) is 0 Å². The maximum atomic E-state index is 9.53. The van der Waals surface area contributed by atoms with Crippen molar-refractivity contribution in [2.75, 3.05) is 4.90 Å². The average molecular weight is 433 g/mol. The number of rotatable bonds is 2. The third-order valence-corrected chi connectivity index (χ3v) is 7.13. The lowest BCUT2D eigenvalue weighted by Gasteiger charge is -2.38. The van der Waals surface area contributed by atoms with E-state index in [1.165, 1.54) is 0 Å². The van der Waals surface area contributed by atoms with Crippen molar-refractivity contribution in [1.82, 2.24) is 24.7 Å². The normalized spacial score (nSPS) is 23.0. The highest BCUT2D eigenvalue weighted by Crippen LogP contribution is 2.40. The van der Waals surface area contributed by atoms with Crippen molar-refractivity contribution in [2.45, 2.75) is 43.8 Å². The van der Waals surface area contributed by atoms with Crippen molar-refractivity contribution in [2.24, 2.45) is 12.8 Å². The number of H-pyrrole nitrogens is 1. The van der Waals surface area contributed by atoms with Gasteiger partial charge in [0.1, 0.15) is 23.1 Å². The van der Waals surface area contributed by atoms with E-state index in [4.69, 9.17) is 27.3 Å². The lowest BCUT2D eigenvalue weighted by molar-refractivity contribution is 0.412. The van der Waals surface area contributed by atoms with E-state index in [1.54, 1.807) is 11.7 Å². The number of fused-ring (bicyclic) bond motifs is 4. The van der Waals surface area contributed by atoms with Gasteiger partial charge in [-0.15, -0.1) is 0 Å². The maximum Gasteiger partial charge on any atom is 0.159 e. The Morgan fingerprint density at radius 2 is 2.00 bits per heavy atom. The lowest BCUT2D eigenvalue weighted by atomic mass is 9.98. The van der Waals surface area contributed by atoms with Crippen LogP contribution in [0.2, 0.25) is 5.02 Å². The van der Waals surface area contributed by atoms with Gasteiger partial charge >= 0.3 is 0 Å². The number of benzene rings is 1. The van der Waals surface area contributed by atoms with Crippen LogP contribution in [-0.2, 0) is 7.05 Å². The summed E-state index contributed by atoms with van der Waals surface area (Å²) in [6, 6.07) is 7.17. The van der Waals surface area contributed by atoms with E-state index in [9.17, 15) is 5.26 Å². The fourth-order valence-electron chi connectivity index (χ4n) is 5.39. The second kappa shape index (κ2) is 6.67. The van der Waals surface area contributed by atoms with Crippen molar-refractivity contribution in [1.29, 1.82) is 5.26 Å². The number of nitrogens with zero attached hydrogens (tertiary/aromatic N) is 6. The third-order valence-electron chi connectivity index (χ3n) is 6.74. The van der Waals surface area contributed by atoms with E-state index in [1.807, 2.05) is 24.5 Å². The molecule has 0 saturated carbocycles. The Labute approximate surface area is 183 Å². The molecule has 3 aromatic heterocycles. The molecule has 1 aromatic carbocycles. The van der Waals surface area contributed by atoms with Crippen molar-refractivity contribution >= 4 is 39.5 Å². The van der Waals surface area contributed by atoms with Gasteiger partial charge in [0, 0.05) is 42.5 Å². The minimum absolute atomic E-state index is 0.283. The van der Waals surface area contributed by atoms with Crippen LogP contribution in [0.5, 0.6) is 0 Å². The first-order valence-electron chi connectivity index (χ1n) is 10.5. The highest BCUT2D eigenvalue weighted by Gasteiger charge is 2.40. The van der Waals surface area contributed by atoms with Crippen LogP contribution in [-0.4, -0.2) is 42.9 Å². The number of hydrogen-bond acceptors (Lipinski definition) is 6. The molecular weight excluding hydrogens is 412 g/mol. The molecule has 0 aliphatic carbocycles. The molecule has 0 spiro atoms. The van der Waals surface area contributed by atoms with Crippen LogP contribution in [0.15, 0.2) is 24.5 Å². The summed E-state index contributed by atoms with van der Waals surface area (Å²) in [6.45, 7) is 0. The number of anilines is 1. The molecule has 4 aromatic rings. The molecule has 2 aliphatic heterocycles. The van der Waals surface area contributed by atoms with E-state index in [-0.39, 0.29) is 6.04 Å². The Bertz CT molecular complexity index is 1370. The number of aryl methyl sites for hydroxylation is 1. The summed E-state index contributed by atoms with van der Waals surface area (Å²) >= 11 is 6.76. The Morgan fingerprint density at radius 1 is 1.23 bits per heavy atom. The minimum atomic E-state index is 0.283. The van der Waals surface area contributed by atoms with Gasteiger partial charge in [-0.05, 0) is 31.7 Å². The first-order chi connectivity index (χ1) is 15.0. The molecule has 5 heterocycles. The Kier molecular flexibility index (Phi) is 4.01. The number of aromatic nitrogens is 5. The van der Waals surface area contributed by atoms with E-state index in [2.05, 4.69) is 21.1 Å². The lowest BCUT2D eigenvalue weighted by Crippen LogP contribution is -2.47. The van der Waals surface area contributed by atoms with Crippen LogP contribution in [0.25, 0.3) is 33.2 Å². The van der Waals surface area contributed by atoms with E-state index < -0.39 is 0 Å². The highest BCUT2D eigenvalue weighted by atomic mass is 35.5. The summed E-state index contributed by atoms with van der Waals surface area (Å²) in [6.07, 6.45) is 8.08. The van der Waals surface area contributed by atoms with Gasteiger partial charge in [-0.1, -0.05) is 17.7 Å². The largest absolute Gasteiger partial charge is 0.349 e.